The van der Waals surface area contributed by atoms with E-state index in [1.165, 1.54) is 12.8 Å². The molecule has 2 heterocycles. The van der Waals surface area contributed by atoms with Gasteiger partial charge in [-0.15, -0.1) is 11.8 Å². The monoisotopic (exact) mass is 234 g/mol. The minimum atomic E-state index is 0.189. The van der Waals surface area contributed by atoms with E-state index >= 15 is 0 Å². The van der Waals surface area contributed by atoms with Crippen molar-refractivity contribution < 1.29 is 4.79 Å². The third-order valence-electron chi connectivity index (χ3n) is 3.14. The molecule has 0 radical (unpaired) electrons. The molecule has 1 aromatic rings. The Morgan fingerprint density at radius 3 is 3.06 bits per heavy atom. The van der Waals surface area contributed by atoms with Crippen molar-refractivity contribution in [3.63, 3.8) is 0 Å². The van der Waals surface area contributed by atoms with Gasteiger partial charge in [0.15, 0.2) is 0 Å². The molecule has 0 unspecified atom stereocenters. The fourth-order valence-electron chi connectivity index (χ4n) is 2.07. The normalized spacial score (nSPS) is 20.1. The van der Waals surface area contributed by atoms with E-state index < -0.39 is 0 Å². The number of carbonyl (C=O) groups is 1. The second-order valence-electron chi connectivity index (χ2n) is 4.34. The number of hydrogen-bond acceptors (Lipinski definition) is 3. The maximum atomic E-state index is 12.3. The number of rotatable bonds is 2. The molecule has 0 N–H and O–H groups in total. The van der Waals surface area contributed by atoms with E-state index in [0.29, 0.717) is 5.92 Å². The van der Waals surface area contributed by atoms with Crippen LogP contribution in [0, 0.1) is 0 Å². The van der Waals surface area contributed by atoms with Crippen LogP contribution >= 0.6 is 11.8 Å². The third-order valence-corrected chi connectivity index (χ3v) is 4.10. The van der Waals surface area contributed by atoms with Crippen molar-refractivity contribution in [3.05, 3.63) is 29.6 Å². The van der Waals surface area contributed by atoms with Gasteiger partial charge >= 0.3 is 0 Å². The highest BCUT2D eigenvalue weighted by Crippen LogP contribution is 2.41. The molecule has 4 heteroatoms. The molecular weight excluding hydrogens is 220 g/mol. The first kappa shape index (κ1) is 10.1. The Morgan fingerprint density at radius 2 is 2.38 bits per heavy atom. The molecule has 1 aromatic heterocycles. The molecule has 0 spiro atoms. The van der Waals surface area contributed by atoms with Crippen molar-refractivity contribution in [1.82, 2.24) is 9.88 Å². The fraction of sp³-hybridized carbons (Fsp3) is 0.500. The topological polar surface area (TPSA) is 33.2 Å². The maximum Gasteiger partial charge on any atom is 0.254 e. The predicted molar refractivity (Wildman–Crippen MR) is 64.6 cm³/mol. The zero-order valence-corrected chi connectivity index (χ0v) is 9.87. The van der Waals surface area contributed by atoms with Crippen LogP contribution in [0.15, 0.2) is 18.5 Å². The number of pyridine rings is 1. The second kappa shape index (κ2) is 4.09. The molecule has 1 saturated heterocycles. The summed E-state index contributed by atoms with van der Waals surface area (Å²) in [6.07, 6.45) is 6.01. The molecule has 0 atom stereocenters. The molecule has 16 heavy (non-hydrogen) atoms. The lowest BCUT2D eigenvalue weighted by molar-refractivity contribution is 0.0801. The number of carbonyl (C=O) groups excluding carboxylic acids is 1. The van der Waals surface area contributed by atoms with Crippen molar-refractivity contribution in [2.24, 2.45) is 0 Å². The Hall–Kier alpha value is -1.03. The highest BCUT2D eigenvalue weighted by atomic mass is 32.2. The van der Waals surface area contributed by atoms with Gasteiger partial charge in [-0.3, -0.25) is 9.78 Å². The molecule has 3 nitrogen and oxygen atoms in total. The summed E-state index contributed by atoms with van der Waals surface area (Å²) in [7, 11) is 0. The molecule has 84 valence electrons. The molecule has 1 saturated carbocycles. The van der Waals surface area contributed by atoms with E-state index in [1.54, 1.807) is 6.20 Å². The van der Waals surface area contributed by atoms with Gasteiger partial charge in [0.05, 0.1) is 5.88 Å². The van der Waals surface area contributed by atoms with E-state index in [-0.39, 0.29) is 5.91 Å². The van der Waals surface area contributed by atoms with Gasteiger partial charge in [0.1, 0.15) is 0 Å². The quantitative estimate of drug-likeness (QED) is 0.785. The molecule has 0 aromatic carbocycles. The van der Waals surface area contributed by atoms with Crippen molar-refractivity contribution in [2.45, 2.75) is 18.8 Å². The van der Waals surface area contributed by atoms with Gasteiger partial charge in [-0.05, 0) is 30.4 Å². The summed E-state index contributed by atoms with van der Waals surface area (Å²) in [4.78, 5) is 18.4. The van der Waals surface area contributed by atoms with Crippen LogP contribution < -0.4 is 0 Å². The zero-order valence-electron chi connectivity index (χ0n) is 9.06. The molecule has 1 aliphatic heterocycles. The Kier molecular flexibility index (Phi) is 2.59. The first-order chi connectivity index (χ1) is 7.86. The third kappa shape index (κ3) is 1.82. The molecule has 1 amide bonds. The standard InChI is InChI=1S/C12H14N2OS/c15-12(14-5-6-16-8-14)10-3-4-13-7-11(10)9-1-2-9/h3-4,7,9H,1-2,5-6,8H2. The van der Waals surface area contributed by atoms with Crippen molar-refractivity contribution in [3.8, 4) is 0 Å². The first-order valence-corrected chi connectivity index (χ1v) is 6.82. The average molecular weight is 234 g/mol. The number of hydrogen-bond donors (Lipinski definition) is 0. The summed E-state index contributed by atoms with van der Waals surface area (Å²) >= 11 is 1.82. The molecule has 1 aliphatic carbocycles. The van der Waals surface area contributed by atoms with E-state index in [0.717, 1.165) is 29.3 Å². The van der Waals surface area contributed by atoms with Gasteiger partial charge in [0, 0.05) is 30.3 Å². The van der Waals surface area contributed by atoms with Crippen molar-refractivity contribution in [1.29, 1.82) is 0 Å². The molecule has 0 bridgehead atoms. The Labute approximate surface area is 99.2 Å². The second-order valence-corrected chi connectivity index (χ2v) is 5.42. The summed E-state index contributed by atoms with van der Waals surface area (Å²) < 4.78 is 0. The van der Waals surface area contributed by atoms with E-state index in [9.17, 15) is 4.79 Å². The molecule has 2 aliphatic rings. The van der Waals surface area contributed by atoms with Crippen molar-refractivity contribution in [2.75, 3.05) is 18.2 Å². The largest absolute Gasteiger partial charge is 0.329 e. The summed E-state index contributed by atoms with van der Waals surface area (Å²) in [5.41, 5.74) is 2.03. The Morgan fingerprint density at radius 1 is 1.50 bits per heavy atom. The summed E-state index contributed by atoms with van der Waals surface area (Å²) in [5.74, 6) is 2.68. The van der Waals surface area contributed by atoms with E-state index in [1.807, 2.05) is 28.9 Å². The SMILES string of the molecule is O=C(c1ccncc1C1CC1)N1CCSC1. The highest BCUT2D eigenvalue weighted by molar-refractivity contribution is 7.99. The average Bonchev–Trinajstić information content (AvgIpc) is 3.03. The molecule has 3 rings (SSSR count). The number of aromatic nitrogens is 1. The lowest BCUT2D eigenvalue weighted by Crippen LogP contribution is -2.28. The van der Waals surface area contributed by atoms with E-state index in [4.69, 9.17) is 0 Å². The molecule has 2 fully saturated rings. The van der Waals surface area contributed by atoms with Crippen LogP contribution in [0.25, 0.3) is 0 Å². The first-order valence-electron chi connectivity index (χ1n) is 5.67. The highest BCUT2D eigenvalue weighted by Gasteiger charge is 2.30. The predicted octanol–water partition coefficient (Wildman–Crippen LogP) is 2.11. The fourth-order valence-corrected chi connectivity index (χ4v) is 3.01. The van der Waals surface area contributed by atoms with E-state index in [2.05, 4.69) is 4.98 Å². The smallest absolute Gasteiger partial charge is 0.254 e. The maximum absolute atomic E-state index is 12.3. The van der Waals surface area contributed by atoms with Gasteiger partial charge in [-0.1, -0.05) is 0 Å². The number of nitrogens with zero attached hydrogens (tertiary/aromatic N) is 2. The van der Waals surface area contributed by atoms with Crippen LogP contribution in [0.3, 0.4) is 0 Å². The Balaban J connectivity index is 1.89. The minimum Gasteiger partial charge on any atom is -0.329 e. The Bertz CT molecular complexity index is 411. The van der Waals surface area contributed by atoms with Crippen LogP contribution in [-0.4, -0.2) is 34.0 Å². The number of thioether (sulfide) groups is 1. The van der Waals surface area contributed by atoms with Gasteiger partial charge in [0.2, 0.25) is 0 Å². The van der Waals surface area contributed by atoms with Gasteiger partial charge in [-0.2, -0.15) is 0 Å². The lowest BCUT2D eigenvalue weighted by atomic mass is 10.1. The summed E-state index contributed by atoms with van der Waals surface area (Å²) in [5, 5.41) is 0. The van der Waals surface area contributed by atoms with Crippen LogP contribution in [-0.2, 0) is 0 Å². The van der Waals surface area contributed by atoms with Gasteiger partial charge < -0.3 is 4.90 Å². The van der Waals surface area contributed by atoms with Crippen LogP contribution in [0.5, 0.6) is 0 Å². The summed E-state index contributed by atoms with van der Waals surface area (Å²) in [6, 6.07) is 1.87. The summed E-state index contributed by atoms with van der Waals surface area (Å²) in [6.45, 7) is 0.885. The van der Waals surface area contributed by atoms with Gasteiger partial charge in [-0.25, -0.2) is 0 Å². The van der Waals surface area contributed by atoms with Crippen LogP contribution in [0.1, 0.15) is 34.7 Å². The van der Waals surface area contributed by atoms with Crippen LogP contribution in [0.2, 0.25) is 0 Å². The minimum absolute atomic E-state index is 0.189. The van der Waals surface area contributed by atoms with Crippen molar-refractivity contribution >= 4 is 17.7 Å². The molecular formula is C12H14N2OS. The number of amides is 1. The van der Waals surface area contributed by atoms with Gasteiger partial charge in [0.25, 0.3) is 5.91 Å². The zero-order chi connectivity index (χ0) is 11.0. The van der Waals surface area contributed by atoms with Crippen LogP contribution in [0.4, 0.5) is 0 Å². The lowest BCUT2D eigenvalue weighted by Gasteiger charge is -2.16.